The van der Waals surface area contributed by atoms with Crippen LogP contribution in [-0.4, -0.2) is 30.4 Å². The van der Waals surface area contributed by atoms with Gasteiger partial charge in [0.05, 0.1) is 12.2 Å². The molecule has 1 aromatic heterocycles. The highest BCUT2D eigenvalue weighted by Crippen LogP contribution is 2.28. The Balaban J connectivity index is 1.77. The van der Waals surface area contributed by atoms with Gasteiger partial charge >= 0.3 is 0 Å². The minimum absolute atomic E-state index is 0.0814. The molecular weight excluding hydrogens is 280 g/mol. The van der Waals surface area contributed by atoms with Crippen LogP contribution in [0.4, 0.5) is 0 Å². The molecule has 2 unspecified atom stereocenters. The lowest BCUT2D eigenvalue weighted by Gasteiger charge is -2.14. The van der Waals surface area contributed by atoms with Crippen molar-refractivity contribution in [1.29, 1.82) is 0 Å². The molecular formula is C16H22N4O2. The van der Waals surface area contributed by atoms with Crippen LogP contribution in [0.15, 0.2) is 30.3 Å². The molecule has 0 spiro atoms. The molecule has 6 heteroatoms. The number of hydrogen-bond donors (Lipinski definition) is 3. The molecule has 2 heterocycles. The topological polar surface area (TPSA) is 67.3 Å². The van der Waals surface area contributed by atoms with Crippen LogP contribution in [0.2, 0.25) is 0 Å². The second-order valence-corrected chi connectivity index (χ2v) is 5.50. The van der Waals surface area contributed by atoms with Crippen molar-refractivity contribution in [3.63, 3.8) is 0 Å². The first kappa shape index (κ1) is 15.0. The van der Waals surface area contributed by atoms with E-state index in [4.69, 9.17) is 4.74 Å². The van der Waals surface area contributed by atoms with Gasteiger partial charge in [0.25, 0.3) is 0 Å². The lowest BCUT2D eigenvalue weighted by atomic mass is 10.1. The van der Waals surface area contributed by atoms with E-state index in [1.807, 2.05) is 0 Å². The van der Waals surface area contributed by atoms with E-state index in [1.165, 1.54) is 23.7 Å². The van der Waals surface area contributed by atoms with Crippen LogP contribution in [0, 0.1) is 0 Å². The van der Waals surface area contributed by atoms with Crippen LogP contribution in [-0.2, 0) is 16.1 Å². The molecule has 1 fully saturated rings. The predicted molar refractivity (Wildman–Crippen MR) is 85.0 cm³/mol. The number of fused-ring (bicyclic) bond motifs is 1. The summed E-state index contributed by atoms with van der Waals surface area (Å²) >= 11 is 0. The monoisotopic (exact) mass is 302 g/mol. The molecule has 0 radical (unpaired) electrons. The maximum atomic E-state index is 11.6. The van der Waals surface area contributed by atoms with Gasteiger partial charge in [-0.2, -0.15) is 0 Å². The molecule has 118 valence electrons. The zero-order valence-electron chi connectivity index (χ0n) is 12.9. The fraction of sp³-hybridized carbons (Fsp3) is 0.438. The Morgan fingerprint density at radius 2 is 2.23 bits per heavy atom. The predicted octanol–water partition coefficient (Wildman–Crippen LogP) is 1.29. The number of nitrogens with one attached hydrogen (secondary N) is 3. The Morgan fingerprint density at radius 3 is 3.00 bits per heavy atom. The van der Waals surface area contributed by atoms with E-state index in [-0.39, 0.29) is 24.7 Å². The number of nitrogens with zero attached hydrogens (tertiary/aromatic N) is 1. The minimum atomic E-state index is -0.113. The maximum absolute atomic E-state index is 11.6. The van der Waals surface area contributed by atoms with Gasteiger partial charge in [0.1, 0.15) is 6.61 Å². The highest BCUT2D eigenvalue weighted by Gasteiger charge is 2.28. The van der Waals surface area contributed by atoms with E-state index in [1.54, 1.807) is 0 Å². The van der Waals surface area contributed by atoms with Crippen molar-refractivity contribution in [3.05, 3.63) is 36.0 Å². The van der Waals surface area contributed by atoms with E-state index < -0.39 is 0 Å². The Labute approximate surface area is 129 Å². The molecule has 0 bridgehead atoms. The van der Waals surface area contributed by atoms with Gasteiger partial charge in [-0.3, -0.25) is 4.79 Å². The molecule has 0 aliphatic carbocycles. The molecule has 1 amide bonds. The number of ether oxygens (including phenoxy) is 1. The van der Waals surface area contributed by atoms with Gasteiger partial charge in [-0.1, -0.05) is 18.2 Å². The van der Waals surface area contributed by atoms with Crippen LogP contribution in [0.25, 0.3) is 10.9 Å². The number of hydrazine groups is 1. The van der Waals surface area contributed by atoms with Crippen LogP contribution in [0.5, 0.6) is 0 Å². The van der Waals surface area contributed by atoms with Gasteiger partial charge in [0.15, 0.2) is 0 Å². The largest absolute Gasteiger partial charge is 0.375 e. The number of rotatable bonds is 5. The fourth-order valence-corrected chi connectivity index (χ4v) is 3.08. The Hall–Kier alpha value is -1.89. The molecule has 2 aromatic rings. The van der Waals surface area contributed by atoms with E-state index in [2.05, 4.69) is 58.0 Å². The van der Waals surface area contributed by atoms with Crippen molar-refractivity contribution in [2.45, 2.75) is 32.1 Å². The number of methoxy groups -OCH3 is 1. The summed E-state index contributed by atoms with van der Waals surface area (Å²) in [6.45, 7) is 3.15. The number of aryl methyl sites for hydroxylation is 1. The molecule has 6 nitrogen and oxygen atoms in total. The van der Waals surface area contributed by atoms with Crippen LogP contribution in [0.3, 0.4) is 0 Å². The van der Waals surface area contributed by atoms with E-state index >= 15 is 0 Å². The average molecular weight is 302 g/mol. The van der Waals surface area contributed by atoms with Crippen LogP contribution in [0.1, 0.15) is 25.1 Å². The van der Waals surface area contributed by atoms with Crippen molar-refractivity contribution in [2.75, 3.05) is 13.7 Å². The number of amides is 1. The molecule has 3 N–H and O–H groups in total. The first-order chi connectivity index (χ1) is 10.7. The highest BCUT2D eigenvalue weighted by molar-refractivity contribution is 5.81. The molecule has 1 aliphatic heterocycles. The van der Waals surface area contributed by atoms with Gasteiger partial charge < -0.3 is 14.6 Å². The van der Waals surface area contributed by atoms with Crippen molar-refractivity contribution in [3.8, 4) is 0 Å². The number of para-hydroxylation sites is 1. The SMILES string of the molecule is CCn1c(C2CC(NC(=O)COC)NN2)cc2ccccc21. The number of carbonyl (C=O) groups excluding carboxylic acids is 1. The second kappa shape index (κ2) is 6.48. The van der Waals surface area contributed by atoms with Crippen molar-refractivity contribution in [2.24, 2.45) is 0 Å². The van der Waals surface area contributed by atoms with Crippen LogP contribution < -0.4 is 16.2 Å². The summed E-state index contributed by atoms with van der Waals surface area (Å²) in [6, 6.07) is 10.8. The molecule has 2 atom stereocenters. The Kier molecular flexibility index (Phi) is 4.42. The van der Waals surface area contributed by atoms with Gasteiger partial charge in [-0.25, -0.2) is 10.9 Å². The number of carbonyl (C=O) groups is 1. The van der Waals surface area contributed by atoms with Gasteiger partial charge in [0.2, 0.25) is 5.91 Å². The first-order valence-corrected chi connectivity index (χ1v) is 7.60. The summed E-state index contributed by atoms with van der Waals surface area (Å²) in [7, 11) is 1.52. The average Bonchev–Trinajstić information content (AvgIpc) is 3.10. The summed E-state index contributed by atoms with van der Waals surface area (Å²) in [5.41, 5.74) is 8.90. The molecule has 1 saturated heterocycles. The van der Waals surface area contributed by atoms with Crippen molar-refractivity contribution < 1.29 is 9.53 Å². The molecule has 3 rings (SSSR count). The highest BCUT2D eigenvalue weighted by atomic mass is 16.5. The third-order valence-corrected chi connectivity index (χ3v) is 4.03. The summed E-state index contributed by atoms with van der Waals surface area (Å²) in [4.78, 5) is 11.6. The Morgan fingerprint density at radius 1 is 1.41 bits per heavy atom. The normalized spacial score (nSPS) is 21.4. The summed E-state index contributed by atoms with van der Waals surface area (Å²) < 4.78 is 7.15. The second-order valence-electron chi connectivity index (χ2n) is 5.50. The van der Waals surface area contributed by atoms with Gasteiger partial charge in [0, 0.05) is 31.3 Å². The van der Waals surface area contributed by atoms with Gasteiger partial charge in [-0.15, -0.1) is 0 Å². The lowest BCUT2D eigenvalue weighted by molar-refractivity contribution is -0.125. The number of aromatic nitrogens is 1. The third-order valence-electron chi connectivity index (χ3n) is 4.03. The summed E-state index contributed by atoms with van der Waals surface area (Å²) in [5.74, 6) is -0.113. The smallest absolute Gasteiger partial charge is 0.247 e. The molecule has 22 heavy (non-hydrogen) atoms. The first-order valence-electron chi connectivity index (χ1n) is 7.60. The molecule has 1 aromatic carbocycles. The fourth-order valence-electron chi connectivity index (χ4n) is 3.08. The quantitative estimate of drug-likeness (QED) is 0.778. The summed E-state index contributed by atoms with van der Waals surface area (Å²) in [6.07, 6.45) is 0.710. The van der Waals surface area contributed by atoms with E-state index in [9.17, 15) is 4.79 Å². The number of hydrogen-bond acceptors (Lipinski definition) is 4. The summed E-state index contributed by atoms with van der Waals surface area (Å²) in [5, 5.41) is 4.15. The minimum Gasteiger partial charge on any atom is -0.375 e. The zero-order chi connectivity index (χ0) is 15.5. The van der Waals surface area contributed by atoms with Crippen LogP contribution >= 0.6 is 0 Å². The Bertz CT molecular complexity index is 667. The number of benzene rings is 1. The van der Waals surface area contributed by atoms with Crippen molar-refractivity contribution >= 4 is 16.8 Å². The zero-order valence-corrected chi connectivity index (χ0v) is 12.9. The molecule has 0 saturated carbocycles. The van der Waals surface area contributed by atoms with Crippen molar-refractivity contribution in [1.82, 2.24) is 20.7 Å². The molecule has 1 aliphatic rings. The van der Waals surface area contributed by atoms with Gasteiger partial charge in [-0.05, 0) is 24.4 Å². The lowest BCUT2D eigenvalue weighted by Crippen LogP contribution is -2.45. The standard InChI is InChI=1S/C16H22N4O2/c1-3-20-13-7-5-4-6-11(13)8-14(20)12-9-15(19-18-12)17-16(21)10-22-2/h4-8,12,15,18-19H,3,9-10H2,1-2H3,(H,17,21). The van der Waals surface area contributed by atoms with E-state index in [0.717, 1.165) is 13.0 Å². The van der Waals surface area contributed by atoms with E-state index in [0.29, 0.717) is 0 Å². The maximum Gasteiger partial charge on any atom is 0.247 e. The third kappa shape index (κ3) is 2.85.